The van der Waals surface area contributed by atoms with E-state index in [0.29, 0.717) is 6.54 Å². The number of thiophene rings is 1. The minimum atomic E-state index is -0.421. The van der Waals surface area contributed by atoms with Gasteiger partial charge >= 0.3 is 0 Å². The fourth-order valence-electron chi connectivity index (χ4n) is 1.63. The lowest BCUT2D eigenvalue weighted by Gasteiger charge is -2.24. The first-order chi connectivity index (χ1) is 8.90. The van der Waals surface area contributed by atoms with Crippen LogP contribution in [0.3, 0.4) is 0 Å². The van der Waals surface area contributed by atoms with Crippen LogP contribution in [0.2, 0.25) is 0 Å². The predicted octanol–water partition coefficient (Wildman–Crippen LogP) is 0.868. The average Bonchev–Trinajstić information content (AvgIpc) is 2.70. The second-order valence-electron chi connectivity index (χ2n) is 4.77. The molecule has 1 heterocycles. The number of nitrogens with zero attached hydrogens (tertiary/aromatic N) is 1. The Morgan fingerprint density at radius 1 is 1.42 bits per heavy atom. The van der Waals surface area contributed by atoms with E-state index in [1.165, 1.54) is 5.56 Å². The smallest absolute Gasteiger partial charge is 0.234 e. The van der Waals surface area contributed by atoms with E-state index in [9.17, 15) is 9.59 Å². The summed E-state index contributed by atoms with van der Waals surface area (Å²) >= 11 is 1.62. The number of primary amides is 1. The van der Waals surface area contributed by atoms with Crippen LogP contribution >= 0.6 is 11.3 Å². The quantitative estimate of drug-likeness (QED) is 0.779. The highest BCUT2D eigenvalue weighted by Crippen LogP contribution is 2.14. The molecule has 0 saturated heterocycles. The Bertz CT molecular complexity index is 443. The van der Waals surface area contributed by atoms with Crippen LogP contribution in [0.25, 0.3) is 0 Å². The van der Waals surface area contributed by atoms with Gasteiger partial charge in [0.25, 0.3) is 0 Å². The summed E-state index contributed by atoms with van der Waals surface area (Å²) in [5.41, 5.74) is 6.35. The molecular formula is C13H21N3O2S. The van der Waals surface area contributed by atoms with Crippen molar-refractivity contribution in [2.75, 3.05) is 13.1 Å². The van der Waals surface area contributed by atoms with Crippen molar-refractivity contribution in [3.05, 3.63) is 21.9 Å². The van der Waals surface area contributed by atoms with Gasteiger partial charge in [0.1, 0.15) is 0 Å². The van der Waals surface area contributed by atoms with E-state index >= 15 is 0 Å². The number of carbonyl (C=O) groups is 2. The lowest BCUT2D eigenvalue weighted by atomic mass is 10.3. The van der Waals surface area contributed by atoms with Crippen molar-refractivity contribution in [3.63, 3.8) is 0 Å². The summed E-state index contributed by atoms with van der Waals surface area (Å²) in [5, 5.41) is 4.87. The van der Waals surface area contributed by atoms with Crippen LogP contribution in [-0.2, 0) is 16.1 Å². The van der Waals surface area contributed by atoms with Gasteiger partial charge in [0.05, 0.1) is 19.6 Å². The number of carbonyl (C=O) groups excluding carboxylic acids is 2. The number of nitrogens with two attached hydrogens (primary N) is 1. The normalized spacial score (nSPS) is 11.0. The topological polar surface area (TPSA) is 75.4 Å². The van der Waals surface area contributed by atoms with E-state index in [-0.39, 0.29) is 25.0 Å². The molecule has 0 atom stereocenters. The molecular weight excluding hydrogens is 262 g/mol. The second kappa shape index (κ2) is 7.25. The first-order valence-corrected chi connectivity index (χ1v) is 7.10. The van der Waals surface area contributed by atoms with E-state index in [1.807, 2.05) is 32.2 Å². The molecule has 1 aromatic rings. The fourth-order valence-corrected chi connectivity index (χ4v) is 2.47. The molecule has 19 heavy (non-hydrogen) atoms. The zero-order valence-corrected chi connectivity index (χ0v) is 12.4. The Hall–Kier alpha value is -1.40. The van der Waals surface area contributed by atoms with Crippen LogP contribution < -0.4 is 11.1 Å². The number of nitrogens with one attached hydrogen (secondary N) is 1. The first kappa shape index (κ1) is 15.7. The summed E-state index contributed by atoms with van der Waals surface area (Å²) in [6.07, 6.45) is 0. The molecule has 106 valence electrons. The van der Waals surface area contributed by atoms with Crippen LogP contribution in [0.15, 0.2) is 11.4 Å². The van der Waals surface area contributed by atoms with Crippen LogP contribution in [0.5, 0.6) is 0 Å². The molecule has 2 amide bonds. The molecule has 3 N–H and O–H groups in total. The van der Waals surface area contributed by atoms with Crippen molar-refractivity contribution in [3.8, 4) is 0 Å². The van der Waals surface area contributed by atoms with Gasteiger partial charge in [-0.3, -0.25) is 14.5 Å². The molecule has 1 aromatic heterocycles. The fraction of sp³-hybridized carbons (Fsp3) is 0.538. The molecule has 0 aromatic carbocycles. The molecule has 0 aliphatic carbocycles. The van der Waals surface area contributed by atoms with Crippen LogP contribution in [0.4, 0.5) is 0 Å². The summed E-state index contributed by atoms with van der Waals surface area (Å²) in [7, 11) is 0. The zero-order valence-electron chi connectivity index (χ0n) is 11.6. The third-order valence-electron chi connectivity index (χ3n) is 2.85. The summed E-state index contributed by atoms with van der Waals surface area (Å²) in [6.45, 7) is 6.70. The number of rotatable bonds is 7. The van der Waals surface area contributed by atoms with E-state index < -0.39 is 5.91 Å². The van der Waals surface area contributed by atoms with E-state index in [1.54, 1.807) is 16.2 Å². The van der Waals surface area contributed by atoms with Gasteiger partial charge in [0, 0.05) is 10.9 Å². The molecule has 5 nitrogen and oxygen atoms in total. The summed E-state index contributed by atoms with van der Waals surface area (Å²) in [4.78, 5) is 25.7. The maximum Gasteiger partial charge on any atom is 0.234 e. The second-order valence-corrected chi connectivity index (χ2v) is 5.77. The Balaban J connectivity index is 2.44. The molecule has 1 rings (SSSR count). The SMILES string of the molecule is Cc1ccsc1CNC(=O)CN(CC(N)=O)C(C)C. The standard InChI is InChI=1S/C13H21N3O2S/c1-9(2)16(7-12(14)17)8-13(18)15-6-11-10(3)4-5-19-11/h4-5,9H,6-8H2,1-3H3,(H2,14,17)(H,15,18). The minimum Gasteiger partial charge on any atom is -0.369 e. The molecule has 0 saturated carbocycles. The van der Waals surface area contributed by atoms with Gasteiger partial charge in [0.15, 0.2) is 0 Å². The van der Waals surface area contributed by atoms with Gasteiger partial charge in [0.2, 0.25) is 11.8 Å². The highest BCUT2D eigenvalue weighted by Gasteiger charge is 2.16. The van der Waals surface area contributed by atoms with Crippen molar-refractivity contribution in [2.24, 2.45) is 5.73 Å². The maximum absolute atomic E-state index is 11.8. The summed E-state index contributed by atoms with van der Waals surface area (Å²) in [6, 6.07) is 2.13. The maximum atomic E-state index is 11.8. The van der Waals surface area contributed by atoms with Crippen LogP contribution in [0, 0.1) is 6.92 Å². The minimum absolute atomic E-state index is 0.0947. The molecule has 0 radical (unpaired) electrons. The van der Waals surface area contributed by atoms with Gasteiger partial charge in [-0.1, -0.05) is 0 Å². The Labute approximate surface area is 117 Å². The van der Waals surface area contributed by atoms with Gasteiger partial charge in [-0.05, 0) is 37.8 Å². The highest BCUT2D eigenvalue weighted by molar-refractivity contribution is 7.10. The summed E-state index contributed by atoms with van der Waals surface area (Å²) in [5.74, 6) is -0.515. The van der Waals surface area contributed by atoms with E-state index in [2.05, 4.69) is 5.32 Å². The largest absolute Gasteiger partial charge is 0.369 e. The lowest BCUT2D eigenvalue weighted by Crippen LogP contribution is -2.44. The van der Waals surface area contributed by atoms with Gasteiger partial charge < -0.3 is 11.1 Å². The molecule has 6 heteroatoms. The van der Waals surface area contributed by atoms with Crippen molar-refractivity contribution >= 4 is 23.2 Å². The molecule has 0 spiro atoms. The number of hydrogen-bond acceptors (Lipinski definition) is 4. The summed E-state index contributed by atoms with van der Waals surface area (Å²) < 4.78 is 0. The van der Waals surface area contributed by atoms with Crippen LogP contribution in [-0.4, -0.2) is 35.8 Å². The Morgan fingerprint density at radius 3 is 2.58 bits per heavy atom. The van der Waals surface area contributed by atoms with Gasteiger partial charge in [-0.2, -0.15) is 0 Å². The predicted molar refractivity (Wildman–Crippen MR) is 76.8 cm³/mol. The zero-order chi connectivity index (χ0) is 14.4. The highest BCUT2D eigenvalue weighted by atomic mass is 32.1. The van der Waals surface area contributed by atoms with Gasteiger partial charge in [-0.15, -0.1) is 11.3 Å². The third-order valence-corrected chi connectivity index (χ3v) is 3.87. The average molecular weight is 283 g/mol. The molecule has 0 fully saturated rings. The first-order valence-electron chi connectivity index (χ1n) is 6.22. The van der Waals surface area contributed by atoms with Crippen LogP contribution in [0.1, 0.15) is 24.3 Å². The molecule has 0 aliphatic rings. The number of hydrogen-bond donors (Lipinski definition) is 2. The number of aryl methyl sites for hydroxylation is 1. The van der Waals surface area contributed by atoms with E-state index in [4.69, 9.17) is 5.73 Å². The molecule has 0 aliphatic heterocycles. The van der Waals surface area contributed by atoms with Crippen molar-refractivity contribution < 1.29 is 9.59 Å². The van der Waals surface area contributed by atoms with Crippen molar-refractivity contribution in [1.82, 2.24) is 10.2 Å². The Morgan fingerprint density at radius 2 is 2.11 bits per heavy atom. The molecule has 0 unspecified atom stereocenters. The lowest BCUT2D eigenvalue weighted by molar-refractivity contribution is -0.124. The van der Waals surface area contributed by atoms with Crippen molar-refractivity contribution in [2.45, 2.75) is 33.4 Å². The Kier molecular flexibility index (Phi) is 5.98. The monoisotopic (exact) mass is 283 g/mol. The molecule has 0 bridgehead atoms. The third kappa shape index (κ3) is 5.40. The van der Waals surface area contributed by atoms with E-state index in [0.717, 1.165) is 4.88 Å². The van der Waals surface area contributed by atoms with Gasteiger partial charge in [-0.25, -0.2) is 0 Å². The number of amides is 2. The van der Waals surface area contributed by atoms with Crippen molar-refractivity contribution in [1.29, 1.82) is 0 Å².